The van der Waals surface area contributed by atoms with Crippen LogP contribution >= 0.6 is 0 Å². The molecule has 2 heteroatoms. The Morgan fingerprint density at radius 1 is 1.22 bits per heavy atom. The van der Waals surface area contributed by atoms with Gasteiger partial charge < -0.3 is 10.2 Å². The number of anilines is 1. The van der Waals surface area contributed by atoms with Crippen LogP contribution in [0.2, 0.25) is 0 Å². The van der Waals surface area contributed by atoms with E-state index in [1.807, 2.05) is 0 Å². The molecule has 0 aromatic heterocycles. The Morgan fingerprint density at radius 3 is 2.39 bits per heavy atom. The molecule has 1 aromatic carbocycles. The fourth-order valence-corrected chi connectivity index (χ4v) is 2.16. The highest BCUT2D eigenvalue weighted by Gasteiger charge is 2.15. The summed E-state index contributed by atoms with van der Waals surface area (Å²) >= 11 is 0. The van der Waals surface area contributed by atoms with E-state index in [0.29, 0.717) is 12.0 Å². The third kappa shape index (κ3) is 3.74. The minimum atomic E-state index is 0.559. The van der Waals surface area contributed by atoms with E-state index in [1.54, 1.807) is 0 Å². The van der Waals surface area contributed by atoms with Gasteiger partial charge in [-0.3, -0.25) is 0 Å². The Morgan fingerprint density at radius 2 is 1.89 bits per heavy atom. The molecule has 102 valence electrons. The SMILES string of the molecule is CCNCc1ccc(N(C)C(C)C(C)C)c(C)c1. The molecule has 0 spiro atoms. The first kappa shape index (κ1) is 15.0. The molecule has 0 bridgehead atoms. The predicted molar refractivity (Wildman–Crippen MR) is 81.3 cm³/mol. The van der Waals surface area contributed by atoms with Crippen LogP contribution in [0.1, 0.15) is 38.8 Å². The average Bonchev–Trinajstić information content (AvgIpc) is 2.34. The zero-order valence-corrected chi connectivity index (χ0v) is 12.7. The largest absolute Gasteiger partial charge is 0.371 e. The molecule has 0 saturated carbocycles. The van der Waals surface area contributed by atoms with Crippen LogP contribution in [0.4, 0.5) is 5.69 Å². The lowest BCUT2D eigenvalue weighted by Crippen LogP contribution is -2.33. The van der Waals surface area contributed by atoms with Gasteiger partial charge in [0.05, 0.1) is 0 Å². The first-order chi connectivity index (χ1) is 8.47. The summed E-state index contributed by atoms with van der Waals surface area (Å²) in [5, 5.41) is 3.37. The van der Waals surface area contributed by atoms with Crippen LogP contribution in [0.5, 0.6) is 0 Å². The lowest BCUT2D eigenvalue weighted by Gasteiger charge is -2.31. The van der Waals surface area contributed by atoms with E-state index in [9.17, 15) is 0 Å². The summed E-state index contributed by atoms with van der Waals surface area (Å²) in [5.74, 6) is 0.663. The number of nitrogens with one attached hydrogen (secondary N) is 1. The molecule has 1 rings (SSSR count). The lowest BCUT2D eigenvalue weighted by atomic mass is 10.0. The van der Waals surface area contributed by atoms with Gasteiger partial charge in [-0.1, -0.05) is 32.9 Å². The van der Waals surface area contributed by atoms with Crippen molar-refractivity contribution in [1.82, 2.24) is 5.32 Å². The molecule has 18 heavy (non-hydrogen) atoms. The van der Waals surface area contributed by atoms with Gasteiger partial charge in [0.15, 0.2) is 0 Å². The van der Waals surface area contributed by atoms with Crippen molar-refractivity contribution in [2.24, 2.45) is 5.92 Å². The van der Waals surface area contributed by atoms with E-state index in [0.717, 1.165) is 13.1 Å². The standard InChI is InChI=1S/C16H28N2/c1-7-17-11-15-8-9-16(13(4)10-15)18(6)14(5)12(2)3/h8-10,12,14,17H,7,11H2,1-6H3. The smallest absolute Gasteiger partial charge is 0.0396 e. The van der Waals surface area contributed by atoms with Crippen LogP contribution < -0.4 is 10.2 Å². The predicted octanol–water partition coefficient (Wildman–Crippen LogP) is 3.59. The summed E-state index contributed by atoms with van der Waals surface area (Å²) in [6, 6.07) is 7.33. The van der Waals surface area contributed by atoms with Crippen LogP contribution in [0, 0.1) is 12.8 Å². The van der Waals surface area contributed by atoms with Crippen molar-refractivity contribution in [1.29, 1.82) is 0 Å². The summed E-state index contributed by atoms with van der Waals surface area (Å²) in [7, 11) is 2.19. The molecule has 0 radical (unpaired) electrons. The van der Waals surface area contributed by atoms with Gasteiger partial charge in [-0.05, 0) is 43.5 Å². The molecule has 0 saturated heterocycles. The topological polar surface area (TPSA) is 15.3 Å². The molecular weight excluding hydrogens is 220 g/mol. The summed E-state index contributed by atoms with van der Waals surface area (Å²) in [4.78, 5) is 2.39. The van der Waals surface area contributed by atoms with E-state index < -0.39 is 0 Å². The molecule has 0 aliphatic carbocycles. The molecule has 1 N–H and O–H groups in total. The highest BCUT2D eigenvalue weighted by atomic mass is 15.1. The van der Waals surface area contributed by atoms with Crippen molar-refractivity contribution in [2.75, 3.05) is 18.5 Å². The zero-order chi connectivity index (χ0) is 13.7. The van der Waals surface area contributed by atoms with Crippen LogP contribution in [0.3, 0.4) is 0 Å². The average molecular weight is 248 g/mol. The maximum atomic E-state index is 3.37. The minimum Gasteiger partial charge on any atom is -0.371 e. The summed E-state index contributed by atoms with van der Waals surface area (Å²) in [6.07, 6.45) is 0. The number of benzene rings is 1. The van der Waals surface area contributed by atoms with E-state index in [2.05, 4.69) is 70.1 Å². The van der Waals surface area contributed by atoms with Gasteiger partial charge in [-0.25, -0.2) is 0 Å². The maximum Gasteiger partial charge on any atom is 0.0396 e. The Hall–Kier alpha value is -1.02. The van der Waals surface area contributed by atoms with Crippen LogP contribution in [0.25, 0.3) is 0 Å². The third-order valence-electron chi connectivity index (χ3n) is 3.80. The summed E-state index contributed by atoms with van der Waals surface area (Å²) in [6.45, 7) is 13.2. The minimum absolute atomic E-state index is 0.559. The van der Waals surface area contributed by atoms with Crippen molar-refractivity contribution in [3.05, 3.63) is 29.3 Å². The normalized spacial score (nSPS) is 12.8. The molecule has 0 heterocycles. The van der Waals surface area contributed by atoms with Gasteiger partial charge in [0.1, 0.15) is 0 Å². The van der Waals surface area contributed by atoms with Crippen molar-refractivity contribution in [3.8, 4) is 0 Å². The van der Waals surface area contributed by atoms with Crippen molar-refractivity contribution in [3.63, 3.8) is 0 Å². The van der Waals surface area contributed by atoms with Gasteiger partial charge >= 0.3 is 0 Å². The van der Waals surface area contributed by atoms with Gasteiger partial charge in [0.25, 0.3) is 0 Å². The second-order valence-corrected chi connectivity index (χ2v) is 5.50. The number of nitrogens with zero attached hydrogens (tertiary/aromatic N) is 1. The fraction of sp³-hybridized carbons (Fsp3) is 0.625. The molecule has 0 fully saturated rings. The Kier molecular flexibility index (Phi) is 5.67. The second kappa shape index (κ2) is 6.79. The first-order valence-corrected chi connectivity index (χ1v) is 7.00. The molecule has 2 nitrogen and oxygen atoms in total. The van der Waals surface area contributed by atoms with Gasteiger partial charge in [0, 0.05) is 25.3 Å². The molecule has 0 amide bonds. The Bertz CT molecular complexity index is 371. The molecule has 1 aromatic rings. The Labute approximate surface area is 112 Å². The summed E-state index contributed by atoms with van der Waals surface area (Å²) in [5.41, 5.74) is 4.07. The quantitative estimate of drug-likeness (QED) is 0.827. The van der Waals surface area contributed by atoms with Crippen LogP contribution in [-0.2, 0) is 6.54 Å². The number of rotatable bonds is 6. The van der Waals surface area contributed by atoms with Gasteiger partial charge in [-0.15, -0.1) is 0 Å². The first-order valence-electron chi connectivity index (χ1n) is 7.00. The molecular formula is C16H28N2. The van der Waals surface area contributed by atoms with E-state index in [1.165, 1.54) is 16.8 Å². The fourth-order valence-electron chi connectivity index (χ4n) is 2.16. The highest BCUT2D eigenvalue weighted by molar-refractivity contribution is 5.54. The zero-order valence-electron chi connectivity index (χ0n) is 12.7. The third-order valence-corrected chi connectivity index (χ3v) is 3.80. The van der Waals surface area contributed by atoms with Crippen LogP contribution in [0.15, 0.2) is 18.2 Å². The molecule has 1 unspecified atom stereocenters. The van der Waals surface area contributed by atoms with Crippen molar-refractivity contribution < 1.29 is 0 Å². The van der Waals surface area contributed by atoms with Gasteiger partial charge in [0.2, 0.25) is 0 Å². The number of hydrogen-bond acceptors (Lipinski definition) is 2. The van der Waals surface area contributed by atoms with Gasteiger partial charge in [-0.2, -0.15) is 0 Å². The van der Waals surface area contributed by atoms with E-state index >= 15 is 0 Å². The second-order valence-electron chi connectivity index (χ2n) is 5.50. The van der Waals surface area contributed by atoms with Crippen molar-refractivity contribution >= 4 is 5.69 Å². The number of hydrogen-bond donors (Lipinski definition) is 1. The summed E-state index contributed by atoms with van der Waals surface area (Å²) < 4.78 is 0. The van der Waals surface area contributed by atoms with E-state index in [4.69, 9.17) is 0 Å². The Balaban J connectivity index is 2.84. The molecule has 0 aliphatic rings. The van der Waals surface area contributed by atoms with Crippen LogP contribution in [-0.4, -0.2) is 19.6 Å². The molecule has 1 atom stereocenters. The maximum absolute atomic E-state index is 3.37. The monoisotopic (exact) mass is 248 g/mol. The lowest BCUT2D eigenvalue weighted by molar-refractivity contribution is 0.505. The number of aryl methyl sites for hydroxylation is 1. The van der Waals surface area contributed by atoms with Crippen molar-refractivity contribution in [2.45, 2.75) is 47.2 Å². The molecule has 0 aliphatic heterocycles. The van der Waals surface area contributed by atoms with E-state index in [-0.39, 0.29) is 0 Å². The highest BCUT2D eigenvalue weighted by Crippen LogP contribution is 2.24.